The molecule has 0 spiro atoms. The van der Waals surface area contributed by atoms with Crippen LogP contribution in [0.4, 0.5) is 0 Å². The van der Waals surface area contributed by atoms with E-state index in [1.807, 2.05) is 11.8 Å². The molecule has 17 heavy (non-hydrogen) atoms. The van der Waals surface area contributed by atoms with Crippen LogP contribution in [0, 0.1) is 11.3 Å². The molecule has 1 rings (SSSR count). The van der Waals surface area contributed by atoms with E-state index in [9.17, 15) is 4.79 Å². The van der Waals surface area contributed by atoms with Crippen LogP contribution in [-0.2, 0) is 9.53 Å². The second-order valence-electron chi connectivity index (χ2n) is 6.37. The van der Waals surface area contributed by atoms with Gasteiger partial charge in [0.2, 0.25) is 5.91 Å². The van der Waals surface area contributed by atoms with Gasteiger partial charge in [0.15, 0.2) is 0 Å². The quantitative estimate of drug-likeness (QED) is 0.709. The van der Waals surface area contributed by atoms with Gasteiger partial charge in [0.05, 0.1) is 12.3 Å². The maximum absolute atomic E-state index is 12.1. The zero-order valence-electron chi connectivity index (χ0n) is 11.7. The average Bonchev–Trinajstić information content (AvgIpc) is 2.44. The fourth-order valence-electron chi connectivity index (χ4n) is 2.12. The van der Waals surface area contributed by atoms with Crippen LogP contribution in [0.2, 0.25) is 0 Å². The summed E-state index contributed by atoms with van der Waals surface area (Å²) < 4.78 is 5.65. The van der Waals surface area contributed by atoms with Crippen molar-refractivity contribution < 1.29 is 9.53 Å². The highest BCUT2D eigenvalue weighted by Gasteiger charge is 2.34. The van der Waals surface area contributed by atoms with Crippen molar-refractivity contribution >= 4 is 5.91 Å². The maximum atomic E-state index is 12.1. The highest BCUT2D eigenvalue weighted by atomic mass is 16.5. The van der Waals surface area contributed by atoms with Gasteiger partial charge in [-0.15, -0.1) is 0 Å². The molecule has 1 saturated heterocycles. The third kappa shape index (κ3) is 4.41. The average molecular weight is 239 g/mol. The Balaban J connectivity index is 2.53. The number of ether oxygens (including phenoxy) is 1. The second-order valence-corrected chi connectivity index (χ2v) is 6.37. The van der Waals surface area contributed by atoms with Crippen LogP contribution in [-0.4, -0.2) is 30.0 Å². The van der Waals surface area contributed by atoms with E-state index in [2.05, 4.69) is 34.3 Å². The molecule has 0 aliphatic carbocycles. The highest BCUT2D eigenvalue weighted by Crippen LogP contribution is 2.25. The summed E-state index contributed by atoms with van der Waals surface area (Å²) in [4.78, 5) is 14.0. The molecule has 1 aliphatic heterocycles. The van der Waals surface area contributed by atoms with Crippen molar-refractivity contribution in [3.05, 3.63) is 12.3 Å². The molecule has 0 saturated carbocycles. The molecule has 1 fully saturated rings. The zero-order valence-corrected chi connectivity index (χ0v) is 11.7. The van der Waals surface area contributed by atoms with Crippen LogP contribution < -0.4 is 0 Å². The lowest BCUT2D eigenvalue weighted by Crippen LogP contribution is -2.32. The Kier molecular flexibility index (Phi) is 4.23. The molecule has 0 N–H and O–H groups in total. The van der Waals surface area contributed by atoms with Crippen LogP contribution >= 0.6 is 0 Å². The third-order valence-corrected chi connectivity index (χ3v) is 2.93. The van der Waals surface area contributed by atoms with E-state index >= 15 is 0 Å². The van der Waals surface area contributed by atoms with Gasteiger partial charge in [-0.3, -0.25) is 4.79 Å². The molecule has 3 nitrogen and oxygen atoms in total. The van der Waals surface area contributed by atoms with E-state index in [0.717, 1.165) is 12.3 Å². The van der Waals surface area contributed by atoms with Gasteiger partial charge in [-0.05, 0) is 12.3 Å². The number of carbonyl (C=O) groups excluding carboxylic acids is 1. The van der Waals surface area contributed by atoms with E-state index < -0.39 is 0 Å². The third-order valence-electron chi connectivity index (χ3n) is 2.93. The SMILES string of the molecule is C=C(C)OC1CN(C(=O)CC(C)(C)C)CC1C. The van der Waals surface area contributed by atoms with Gasteiger partial charge in [0, 0.05) is 18.9 Å². The molecule has 2 atom stereocenters. The van der Waals surface area contributed by atoms with Crippen LogP contribution in [0.15, 0.2) is 12.3 Å². The minimum Gasteiger partial charge on any atom is -0.493 e. The van der Waals surface area contributed by atoms with Crippen molar-refractivity contribution in [1.29, 1.82) is 0 Å². The van der Waals surface area contributed by atoms with Crippen molar-refractivity contribution in [3.63, 3.8) is 0 Å². The summed E-state index contributed by atoms with van der Waals surface area (Å²) in [5.74, 6) is 1.35. The van der Waals surface area contributed by atoms with Crippen LogP contribution in [0.3, 0.4) is 0 Å². The molecule has 1 heterocycles. The Morgan fingerprint density at radius 2 is 2.00 bits per heavy atom. The number of likely N-dealkylation sites (tertiary alicyclic amines) is 1. The van der Waals surface area contributed by atoms with Gasteiger partial charge in [0.25, 0.3) is 0 Å². The summed E-state index contributed by atoms with van der Waals surface area (Å²) >= 11 is 0. The predicted molar refractivity (Wildman–Crippen MR) is 69.5 cm³/mol. The molecule has 1 amide bonds. The van der Waals surface area contributed by atoms with Gasteiger partial charge in [-0.2, -0.15) is 0 Å². The van der Waals surface area contributed by atoms with Gasteiger partial charge >= 0.3 is 0 Å². The summed E-state index contributed by atoms with van der Waals surface area (Å²) in [6, 6.07) is 0. The summed E-state index contributed by atoms with van der Waals surface area (Å²) in [7, 11) is 0. The normalized spacial score (nSPS) is 24.9. The molecule has 0 bridgehead atoms. The molecular weight excluding hydrogens is 214 g/mol. The smallest absolute Gasteiger partial charge is 0.223 e. The molecule has 0 aromatic heterocycles. The largest absolute Gasteiger partial charge is 0.493 e. The second kappa shape index (κ2) is 5.11. The molecule has 3 heteroatoms. The van der Waals surface area contributed by atoms with Crippen molar-refractivity contribution in [1.82, 2.24) is 4.90 Å². The van der Waals surface area contributed by atoms with E-state index in [4.69, 9.17) is 4.74 Å². The van der Waals surface area contributed by atoms with Crippen molar-refractivity contribution in [2.75, 3.05) is 13.1 Å². The van der Waals surface area contributed by atoms with Crippen molar-refractivity contribution in [2.24, 2.45) is 11.3 Å². The Morgan fingerprint density at radius 1 is 1.41 bits per heavy atom. The van der Waals surface area contributed by atoms with Crippen LogP contribution in [0.25, 0.3) is 0 Å². The Hall–Kier alpha value is -0.990. The van der Waals surface area contributed by atoms with Gasteiger partial charge in [0.1, 0.15) is 6.10 Å². The molecule has 0 radical (unpaired) electrons. The molecule has 2 unspecified atom stereocenters. The fourth-order valence-corrected chi connectivity index (χ4v) is 2.12. The summed E-state index contributed by atoms with van der Waals surface area (Å²) in [6.07, 6.45) is 0.705. The van der Waals surface area contributed by atoms with Crippen molar-refractivity contribution in [2.45, 2.75) is 47.1 Å². The summed E-state index contributed by atoms with van der Waals surface area (Å²) in [6.45, 7) is 15.5. The van der Waals surface area contributed by atoms with E-state index in [1.165, 1.54) is 0 Å². The Labute approximate surface area is 105 Å². The first kappa shape index (κ1) is 14.1. The predicted octanol–water partition coefficient (Wildman–Crippen LogP) is 2.82. The number of hydrogen-bond acceptors (Lipinski definition) is 2. The monoisotopic (exact) mass is 239 g/mol. The van der Waals surface area contributed by atoms with Gasteiger partial charge in [-0.1, -0.05) is 34.3 Å². The molecular formula is C14H25NO2. The first-order chi connectivity index (χ1) is 7.69. The topological polar surface area (TPSA) is 29.5 Å². The fraction of sp³-hybridized carbons (Fsp3) is 0.786. The molecule has 0 aromatic carbocycles. The lowest BCUT2D eigenvalue weighted by Gasteiger charge is -2.23. The van der Waals surface area contributed by atoms with Crippen LogP contribution in [0.5, 0.6) is 0 Å². The zero-order chi connectivity index (χ0) is 13.2. The van der Waals surface area contributed by atoms with Gasteiger partial charge in [-0.25, -0.2) is 0 Å². The standard InChI is InChI=1S/C14H25NO2/c1-10(2)17-12-9-15(8-11(12)3)13(16)7-14(4,5)6/h11-12H,1,7-9H2,2-6H3. The van der Waals surface area contributed by atoms with E-state index in [-0.39, 0.29) is 17.4 Å². The van der Waals surface area contributed by atoms with Gasteiger partial charge < -0.3 is 9.64 Å². The Bertz CT molecular complexity index is 304. The minimum absolute atomic E-state index is 0.0492. The first-order valence-corrected chi connectivity index (χ1v) is 6.29. The highest BCUT2D eigenvalue weighted by molar-refractivity contribution is 5.77. The van der Waals surface area contributed by atoms with Crippen molar-refractivity contribution in [3.8, 4) is 0 Å². The van der Waals surface area contributed by atoms with Crippen LogP contribution in [0.1, 0.15) is 41.0 Å². The number of rotatable bonds is 3. The number of carbonyl (C=O) groups is 1. The number of hydrogen-bond donors (Lipinski definition) is 0. The summed E-state index contributed by atoms with van der Waals surface area (Å²) in [5.41, 5.74) is 0.0492. The lowest BCUT2D eigenvalue weighted by atomic mass is 9.92. The molecule has 1 aliphatic rings. The molecule has 98 valence electrons. The number of amides is 1. The molecule has 0 aromatic rings. The Morgan fingerprint density at radius 3 is 2.47 bits per heavy atom. The van der Waals surface area contributed by atoms with E-state index in [0.29, 0.717) is 18.9 Å². The number of allylic oxidation sites excluding steroid dienone is 1. The van der Waals surface area contributed by atoms with E-state index in [1.54, 1.807) is 0 Å². The lowest BCUT2D eigenvalue weighted by molar-refractivity contribution is -0.132. The number of nitrogens with zero attached hydrogens (tertiary/aromatic N) is 1. The first-order valence-electron chi connectivity index (χ1n) is 6.29. The summed E-state index contributed by atoms with van der Waals surface area (Å²) in [5, 5.41) is 0. The maximum Gasteiger partial charge on any atom is 0.223 e. The minimum atomic E-state index is 0.0492.